The number of anilines is 1. The van der Waals surface area contributed by atoms with Crippen LogP contribution in [0.25, 0.3) is 21.7 Å². The molecule has 0 radical (unpaired) electrons. The number of aromatic amines is 1. The first-order valence-electron chi connectivity index (χ1n) is 9.99. The lowest BCUT2D eigenvalue weighted by atomic mass is 9.92. The van der Waals surface area contributed by atoms with Crippen molar-refractivity contribution in [3.8, 4) is 0 Å². The number of H-pyrrole nitrogens is 1. The molecule has 0 saturated heterocycles. The summed E-state index contributed by atoms with van der Waals surface area (Å²) in [6.45, 7) is 1.79. The number of hydrogen-bond acceptors (Lipinski definition) is 3. The van der Waals surface area contributed by atoms with Gasteiger partial charge >= 0.3 is 6.03 Å². The van der Waals surface area contributed by atoms with E-state index in [4.69, 9.17) is 0 Å². The van der Waals surface area contributed by atoms with Crippen LogP contribution in [0.5, 0.6) is 0 Å². The summed E-state index contributed by atoms with van der Waals surface area (Å²) in [5.41, 5.74) is 3.53. The van der Waals surface area contributed by atoms with Crippen LogP contribution in [-0.2, 0) is 4.79 Å². The molecule has 154 valence electrons. The van der Waals surface area contributed by atoms with Gasteiger partial charge in [0, 0.05) is 23.8 Å². The maximum atomic E-state index is 13.4. The van der Waals surface area contributed by atoms with Crippen molar-refractivity contribution in [3.63, 3.8) is 0 Å². The van der Waals surface area contributed by atoms with E-state index in [1.54, 1.807) is 20.2 Å². The average molecular weight is 411 g/mol. The number of benzene rings is 3. The molecule has 0 fully saturated rings. The van der Waals surface area contributed by atoms with Crippen molar-refractivity contribution < 1.29 is 9.59 Å². The van der Waals surface area contributed by atoms with Gasteiger partial charge in [0.25, 0.3) is 5.91 Å². The quantitative estimate of drug-likeness (QED) is 0.469. The highest BCUT2D eigenvalue weighted by Gasteiger charge is 2.34. The van der Waals surface area contributed by atoms with Gasteiger partial charge in [-0.1, -0.05) is 36.4 Å². The summed E-state index contributed by atoms with van der Waals surface area (Å²) in [4.78, 5) is 27.4. The van der Waals surface area contributed by atoms with Gasteiger partial charge in [0.15, 0.2) is 0 Å². The molecule has 0 aliphatic carbocycles. The van der Waals surface area contributed by atoms with Crippen molar-refractivity contribution in [2.75, 3.05) is 12.4 Å². The molecule has 3 N–H and O–H groups in total. The summed E-state index contributed by atoms with van der Waals surface area (Å²) in [5, 5.41) is 15.9. The number of nitrogens with zero attached hydrogens (tertiary/aromatic N) is 2. The van der Waals surface area contributed by atoms with Crippen molar-refractivity contribution in [1.82, 2.24) is 20.4 Å². The smallest absolute Gasteiger partial charge is 0.322 e. The lowest BCUT2D eigenvalue weighted by molar-refractivity contribution is -0.113. The molecular formula is C24H21N5O2. The molecule has 2 heterocycles. The number of urea groups is 1. The zero-order chi connectivity index (χ0) is 21.5. The fourth-order valence-corrected chi connectivity index (χ4v) is 3.99. The monoisotopic (exact) mass is 411 g/mol. The van der Waals surface area contributed by atoms with Gasteiger partial charge in [0.05, 0.1) is 23.3 Å². The number of amides is 3. The van der Waals surface area contributed by atoms with Gasteiger partial charge in [-0.05, 0) is 47.5 Å². The summed E-state index contributed by atoms with van der Waals surface area (Å²) < 4.78 is 0. The predicted octanol–water partition coefficient (Wildman–Crippen LogP) is 4.32. The van der Waals surface area contributed by atoms with Crippen LogP contribution in [0.1, 0.15) is 18.5 Å². The van der Waals surface area contributed by atoms with Crippen molar-refractivity contribution in [3.05, 3.63) is 83.7 Å². The third-order valence-electron chi connectivity index (χ3n) is 5.80. The SMILES string of the molecule is CC1=C(C(=O)Nc2ccc3[nH]ncc3c2)C(c2ccc3ccccc3c2)NC(=O)N1C. The molecule has 1 unspecified atom stereocenters. The second-order valence-corrected chi connectivity index (χ2v) is 7.67. The van der Waals surface area contributed by atoms with Crippen LogP contribution in [-0.4, -0.2) is 34.1 Å². The highest BCUT2D eigenvalue weighted by atomic mass is 16.2. The van der Waals surface area contributed by atoms with Gasteiger partial charge in [-0.2, -0.15) is 5.10 Å². The molecule has 5 rings (SSSR count). The Bertz CT molecular complexity index is 1370. The molecule has 7 nitrogen and oxygen atoms in total. The topological polar surface area (TPSA) is 90.1 Å². The van der Waals surface area contributed by atoms with E-state index in [9.17, 15) is 9.59 Å². The Balaban J connectivity index is 1.54. The van der Waals surface area contributed by atoms with Gasteiger partial charge in [-0.15, -0.1) is 0 Å². The first kappa shape index (κ1) is 18.9. The number of carbonyl (C=O) groups is 2. The first-order valence-corrected chi connectivity index (χ1v) is 9.99. The highest BCUT2D eigenvalue weighted by molar-refractivity contribution is 6.07. The molecule has 1 aliphatic heterocycles. The van der Waals surface area contributed by atoms with Crippen molar-refractivity contribution in [2.45, 2.75) is 13.0 Å². The van der Waals surface area contributed by atoms with Gasteiger partial charge in [-0.25, -0.2) is 4.79 Å². The normalized spacial score (nSPS) is 16.6. The molecule has 7 heteroatoms. The van der Waals surface area contributed by atoms with Gasteiger partial charge in [-0.3, -0.25) is 9.89 Å². The minimum atomic E-state index is -0.550. The number of fused-ring (bicyclic) bond motifs is 2. The number of aromatic nitrogens is 2. The fraction of sp³-hybridized carbons (Fsp3) is 0.125. The van der Waals surface area contributed by atoms with Gasteiger partial charge in [0.1, 0.15) is 0 Å². The van der Waals surface area contributed by atoms with E-state index in [1.807, 2.05) is 60.7 Å². The summed E-state index contributed by atoms with van der Waals surface area (Å²) in [6, 6.07) is 18.8. The van der Waals surface area contributed by atoms with Crippen LogP contribution in [0.2, 0.25) is 0 Å². The number of nitrogens with one attached hydrogen (secondary N) is 3. The second-order valence-electron chi connectivity index (χ2n) is 7.67. The summed E-state index contributed by atoms with van der Waals surface area (Å²) in [7, 11) is 1.66. The minimum Gasteiger partial charge on any atom is -0.327 e. The molecule has 0 spiro atoms. The van der Waals surface area contributed by atoms with Crippen LogP contribution in [0.3, 0.4) is 0 Å². The fourth-order valence-electron chi connectivity index (χ4n) is 3.99. The van der Waals surface area contributed by atoms with Crippen LogP contribution >= 0.6 is 0 Å². The Morgan fingerprint density at radius 3 is 2.68 bits per heavy atom. The van der Waals surface area contributed by atoms with Crippen molar-refractivity contribution in [2.24, 2.45) is 0 Å². The number of allylic oxidation sites excluding steroid dienone is 1. The average Bonchev–Trinajstić information content (AvgIpc) is 3.24. The second kappa shape index (κ2) is 7.28. The van der Waals surface area contributed by atoms with E-state index in [-0.39, 0.29) is 11.9 Å². The molecule has 4 aromatic rings. The molecule has 31 heavy (non-hydrogen) atoms. The van der Waals surface area contributed by atoms with Gasteiger partial charge in [0.2, 0.25) is 0 Å². The van der Waals surface area contributed by atoms with Crippen molar-refractivity contribution >= 4 is 39.3 Å². The molecule has 3 aromatic carbocycles. The number of rotatable bonds is 3. The lowest BCUT2D eigenvalue weighted by Gasteiger charge is -2.33. The third-order valence-corrected chi connectivity index (χ3v) is 5.80. The molecule has 0 bridgehead atoms. The zero-order valence-electron chi connectivity index (χ0n) is 17.1. The predicted molar refractivity (Wildman–Crippen MR) is 120 cm³/mol. The van der Waals surface area contributed by atoms with E-state index in [1.165, 1.54) is 4.90 Å². The van der Waals surface area contributed by atoms with Crippen LogP contribution in [0, 0.1) is 0 Å². The zero-order valence-corrected chi connectivity index (χ0v) is 17.1. The van der Waals surface area contributed by atoms with E-state index in [0.717, 1.165) is 27.2 Å². The van der Waals surface area contributed by atoms with E-state index < -0.39 is 6.04 Å². The standard InChI is InChI=1S/C24H21N5O2/c1-14-21(23(30)26-19-9-10-20-18(12-19)13-25-28-20)22(27-24(31)29(14)2)17-8-7-15-5-3-4-6-16(15)11-17/h3-13,22H,1-2H3,(H,25,28)(H,26,30)(H,27,31). The number of carbonyl (C=O) groups excluding carboxylic acids is 2. The Morgan fingerprint density at radius 2 is 1.84 bits per heavy atom. The van der Waals surface area contributed by atoms with E-state index in [2.05, 4.69) is 20.8 Å². The molecule has 3 amide bonds. The third kappa shape index (κ3) is 3.30. The van der Waals surface area contributed by atoms with Crippen molar-refractivity contribution in [1.29, 1.82) is 0 Å². The van der Waals surface area contributed by atoms with Gasteiger partial charge < -0.3 is 15.5 Å². The Hall–Kier alpha value is -4.13. The molecule has 0 saturated carbocycles. The molecule has 1 aromatic heterocycles. The first-order chi connectivity index (χ1) is 15.0. The van der Waals surface area contributed by atoms with Crippen LogP contribution in [0.15, 0.2) is 78.1 Å². The van der Waals surface area contributed by atoms with E-state index in [0.29, 0.717) is 17.0 Å². The highest BCUT2D eigenvalue weighted by Crippen LogP contribution is 2.32. The van der Waals surface area contributed by atoms with Crippen LogP contribution < -0.4 is 10.6 Å². The van der Waals surface area contributed by atoms with E-state index >= 15 is 0 Å². The maximum Gasteiger partial charge on any atom is 0.322 e. The minimum absolute atomic E-state index is 0.243. The molecule has 1 atom stereocenters. The Labute approximate surface area is 178 Å². The largest absolute Gasteiger partial charge is 0.327 e. The summed E-state index contributed by atoms with van der Waals surface area (Å²) in [6.07, 6.45) is 1.71. The molecule has 1 aliphatic rings. The summed E-state index contributed by atoms with van der Waals surface area (Å²) >= 11 is 0. The maximum absolute atomic E-state index is 13.4. The summed E-state index contributed by atoms with van der Waals surface area (Å²) in [5.74, 6) is -0.259. The Kier molecular flexibility index (Phi) is 4.43. The number of hydrogen-bond donors (Lipinski definition) is 3. The van der Waals surface area contributed by atoms with Crippen LogP contribution in [0.4, 0.5) is 10.5 Å². The lowest BCUT2D eigenvalue weighted by Crippen LogP contribution is -2.46. The Morgan fingerprint density at radius 1 is 1.03 bits per heavy atom. The molecular weight excluding hydrogens is 390 g/mol.